The molecule has 0 aliphatic heterocycles. The van der Waals surface area contributed by atoms with Gasteiger partial charge in [-0.2, -0.15) is 0 Å². The molecule has 0 bridgehead atoms. The summed E-state index contributed by atoms with van der Waals surface area (Å²) in [5.41, 5.74) is 1.42. The first-order valence-electron chi connectivity index (χ1n) is 14.5. The summed E-state index contributed by atoms with van der Waals surface area (Å²) in [6.45, 7) is 5.51. The minimum atomic E-state index is -3.79. The normalized spacial score (nSPS) is 19.8. The summed E-state index contributed by atoms with van der Waals surface area (Å²) in [5, 5.41) is 3.61. The second-order valence-corrected chi connectivity index (χ2v) is 13.2. The van der Waals surface area contributed by atoms with E-state index in [9.17, 15) is 13.2 Å². The van der Waals surface area contributed by atoms with E-state index in [1.807, 2.05) is 37.4 Å². The van der Waals surface area contributed by atoms with Crippen LogP contribution in [-0.2, 0) is 26.1 Å². The third kappa shape index (κ3) is 6.50. The Bertz CT molecular complexity index is 1590. The third-order valence-electron chi connectivity index (χ3n) is 8.50. The molecule has 2 aromatic carbocycles. The van der Waals surface area contributed by atoms with Gasteiger partial charge in [-0.1, -0.05) is 62.4 Å². The fourth-order valence-electron chi connectivity index (χ4n) is 5.96. The SMILES string of the molecule is C[C@@H]1CC[C@H]([C@@H](C)COCC(=O)NCc2ccccc2)C[C@@H]1N(C)c1ncnc2c1ccn2S(=O)(=O)c1ccccc1. The molecule has 4 aromatic rings. The van der Waals surface area contributed by atoms with Crippen molar-refractivity contribution in [3.05, 3.63) is 84.8 Å². The van der Waals surface area contributed by atoms with Gasteiger partial charge in [-0.25, -0.2) is 22.4 Å². The van der Waals surface area contributed by atoms with Crippen LogP contribution in [0.2, 0.25) is 0 Å². The smallest absolute Gasteiger partial charge is 0.269 e. The number of anilines is 1. The van der Waals surface area contributed by atoms with E-state index in [-0.39, 0.29) is 29.4 Å². The third-order valence-corrected chi connectivity index (χ3v) is 10.2. The number of rotatable bonds is 11. The van der Waals surface area contributed by atoms with E-state index < -0.39 is 10.0 Å². The number of fused-ring (bicyclic) bond motifs is 1. The molecule has 222 valence electrons. The van der Waals surface area contributed by atoms with E-state index >= 15 is 0 Å². The Morgan fingerprint density at radius 1 is 1.07 bits per heavy atom. The van der Waals surface area contributed by atoms with E-state index in [0.717, 1.165) is 30.6 Å². The Morgan fingerprint density at radius 3 is 2.52 bits per heavy atom. The first-order chi connectivity index (χ1) is 20.3. The number of amides is 1. The van der Waals surface area contributed by atoms with Gasteiger partial charge in [-0.05, 0) is 60.8 Å². The van der Waals surface area contributed by atoms with Crippen molar-refractivity contribution in [2.45, 2.75) is 50.6 Å². The number of carbonyl (C=O) groups is 1. The number of benzene rings is 2. The molecule has 1 aliphatic rings. The predicted octanol–water partition coefficient (Wildman–Crippen LogP) is 4.88. The molecule has 1 amide bonds. The quantitative estimate of drug-likeness (QED) is 0.266. The molecule has 1 aliphatic carbocycles. The summed E-state index contributed by atoms with van der Waals surface area (Å²) < 4.78 is 33.8. The van der Waals surface area contributed by atoms with Gasteiger partial charge in [0.2, 0.25) is 5.91 Å². The van der Waals surface area contributed by atoms with Gasteiger partial charge >= 0.3 is 0 Å². The van der Waals surface area contributed by atoms with Crippen molar-refractivity contribution in [1.82, 2.24) is 19.3 Å². The summed E-state index contributed by atoms with van der Waals surface area (Å²) in [6, 6.07) is 20.2. The van der Waals surface area contributed by atoms with Crippen molar-refractivity contribution < 1.29 is 17.9 Å². The maximum Gasteiger partial charge on any atom is 0.269 e. The summed E-state index contributed by atoms with van der Waals surface area (Å²) in [6.07, 6.45) is 6.12. The van der Waals surface area contributed by atoms with Crippen LogP contribution in [0.5, 0.6) is 0 Å². The molecule has 10 heteroatoms. The van der Waals surface area contributed by atoms with Gasteiger partial charge in [0.05, 0.1) is 16.9 Å². The number of nitrogens with zero attached hydrogens (tertiary/aromatic N) is 4. The molecule has 0 saturated heterocycles. The number of aromatic nitrogens is 3. The van der Waals surface area contributed by atoms with Crippen molar-refractivity contribution in [3.63, 3.8) is 0 Å². The van der Waals surface area contributed by atoms with Gasteiger partial charge in [0.25, 0.3) is 10.0 Å². The molecular formula is C32H39N5O4S. The van der Waals surface area contributed by atoms with Crippen molar-refractivity contribution in [2.75, 3.05) is 25.2 Å². The highest BCUT2D eigenvalue weighted by molar-refractivity contribution is 7.90. The van der Waals surface area contributed by atoms with Crippen molar-refractivity contribution in [2.24, 2.45) is 17.8 Å². The Hall–Kier alpha value is -3.76. The lowest BCUT2D eigenvalue weighted by Crippen LogP contribution is -2.43. The Labute approximate surface area is 248 Å². The number of nitrogens with one attached hydrogen (secondary N) is 1. The molecule has 1 N–H and O–H groups in total. The van der Waals surface area contributed by atoms with Crippen LogP contribution in [0.4, 0.5) is 5.82 Å². The lowest BCUT2D eigenvalue weighted by molar-refractivity contribution is -0.126. The second-order valence-electron chi connectivity index (χ2n) is 11.3. The average molecular weight is 590 g/mol. The van der Waals surface area contributed by atoms with E-state index in [0.29, 0.717) is 36.0 Å². The highest BCUT2D eigenvalue weighted by Crippen LogP contribution is 2.38. The molecule has 0 spiro atoms. The molecule has 9 nitrogen and oxygen atoms in total. The molecule has 2 heterocycles. The highest BCUT2D eigenvalue weighted by atomic mass is 32.2. The lowest BCUT2D eigenvalue weighted by atomic mass is 9.74. The summed E-state index contributed by atoms with van der Waals surface area (Å²) >= 11 is 0. The van der Waals surface area contributed by atoms with Crippen LogP contribution >= 0.6 is 0 Å². The first-order valence-corrected chi connectivity index (χ1v) is 15.9. The topological polar surface area (TPSA) is 106 Å². The largest absolute Gasteiger partial charge is 0.371 e. The predicted molar refractivity (Wildman–Crippen MR) is 164 cm³/mol. The second kappa shape index (κ2) is 13.0. The van der Waals surface area contributed by atoms with Crippen molar-refractivity contribution >= 4 is 32.8 Å². The minimum absolute atomic E-state index is 0.0470. The first kappa shape index (κ1) is 29.7. The summed E-state index contributed by atoms with van der Waals surface area (Å²) in [5.74, 6) is 1.76. The number of hydrogen-bond donors (Lipinski definition) is 1. The monoisotopic (exact) mass is 589 g/mol. The van der Waals surface area contributed by atoms with Gasteiger partial charge in [0, 0.05) is 25.8 Å². The highest BCUT2D eigenvalue weighted by Gasteiger charge is 2.34. The fourth-order valence-corrected chi connectivity index (χ4v) is 7.28. The maximum atomic E-state index is 13.3. The Balaban J connectivity index is 1.22. The van der Waals surface area contributed by atoms with Crippen molar-refractivity contribution in [3.8, 4) is 0 Å². The Kier molecular flexibility index (Phi) is 9.23. The Morgan fingerprint density at radius 2 is 1.79 bits per heavy atom. The molecule has 4 atom stereocenters. The van der Waals surface area contributed by atoms with Gasteiger partial charge in [-0.15, -0.1) is 0 Å². The van der Waals surface area contributed by atoms with Crippen LogP contribution in [0.25, 0.3) is 11.0 Å². The van der Waals surface area contributed by atoms with Gasteiger partial charge in [-0.3, -0.25) is 4.79 Å². The molecule has 0 radical (unpaired) electrons. The van der Waals surface area contributed by atoms with Crippen LogP contribution in [-0.4, -0.2) is 54.6 Å². The van der Waals surface area contributed by atoms with Gasteiger partial charge < -0.3 is 15.0 Å². The number of hydrogen-bond acceptors (Lipinski definition) is 7. The lowest BCUT2D eigenvalue weighted by Gasteiger charge is -2.42. The zero-order chi connectivity index (χ0) is 29.7. The van der Waals surface area contributed by atoms with Crippen LogP contribution in [0.15, 0.2) is 84.1 Å². The number of ether oxygens (including phenoxy) is 1. The zero-order valence-corrected chi connectivity index (χ0v) is 25.2. The van der Waals surface area contributed by atoms with Gasteiger partial charge in [0.15, 0.2) is 5.65 Å². The molecule has 5 rings (SSSR count). The van der Waals surface area contributed by atoms with E-state index in [4.69, 9.17) is 4.74 Å². The van der Waals surface area contributed by atoms with Crippen LogP contribution in [0.1, 0.15) is 38.7 Å². The van der Waals surface area contributed by atoms with Crippen LogP contribution in [0.3, 0.4) is 0 Å². The van der Waals surface area contributed by atoms with Gasteiger partial charge in [0.1, 0.15) is 18.8 Å². The summed E-state index contributed by atoms with van der Waals surface area (Å²) in [7, 11) is -1.75. The fraction of sp³-hybridized carbons (Fsp3) is 0.406. The molecule has 1 fully saturated rings. The standard InChI is InChI=1S/C32H39N5O4S/c1-23-14-15-26(24(2)20-41-21-30(38)33-19-25-10-6-4-7-11-25)18-29(23)36(3)31-28-16-17-37(32(28)35-22-34-31)42(39,40)27-12-8-5-9-13-27/h4-13,16-17,22-24,26,29H,14-15,18-21H2,1-3H3,(H,33,38)/t23-,24+,26+,29+/m1/s1. The van der Waals surface area contributed by atoms with E-state index in [1.54, 1.807) is 42.6 Å². The molecular weight excluding hydrogens is 550 g/mol. The maximum absolute atomic E-state index is 13.3. The summed E-state index contributed by atoms with van der Waals surface area (Å²) in [4.78, 5) is 23.6. The minimum Gasteiger partial charge on any atom is -0.371 e. The van der Waals surface area contributed by atoms with Crippen molar-refractivity contribution in [1.29, 1.82) is 0 Å². The van der Waals surface area contributed by atoms with Crippen LogP contribution in [0, 0.1) is 17.8 Å². The van der Waals surface area contributed by atoms with E-state index in [2.05, 4.69) is 34.0 Å². The van der Waals surface area contributed by atoms with E-state index in [1.165, 1.54) is 10.3 Å². The molecule has 0 unspecified atom stereocenters. The molecule has 1 saturated carbocycles. The zero-order valence-electron chi connectivity index (χ0n) is 24.4. The molecule has 2 aromatic heterocycles. The van der Waals surface area contributed by atoms with Crippen LogP contribution < -0.4 is 10.2 Å². The molecule has 42 heavy (non-hydrogen) atoms. The number of carbonyl (C=O) groups excluding carboxylic acids is 1. The average Bonchev–Trinajstić information content (AvgIpc) is 3.46.